The molecule has 156 valence electrons. The summed E-state index contributed by atoms with van der Waals surface area (Å²) in [4.78, 5) is 31.9. The Kier molecular flexibility index (Phi) is 4.68. The number of hydrogen-bond acceptors (Lipinski definition) is 7. The first-order valence-corrected chi connectivity index (χ1v) is 9.55. The summed E-state index contributed by atoms with van der Waals surface area (Å²) in [7, 11) is 0. The van der Waals surface area contributed by atoms with E-state index in [1.54, 1.807) is 60.8 Å². The molecule has 0 aliphatic rings. The largest absolute Gasteiger partial charge is 0.451 e. The number of carbonyl (C=O) groups is 1. The van der Waals surface area contributed by atoms with Crippen LogP contribution in [-0.4, -0.2) is 20.8 Å². The van der Waals surface area contributed by atoms with Crippen LogP contribution in [0.4, 0.5) is 11.4 Å². The molecule has 0 saturated carbocycles. The first-order valence-electron chi connectivity index (χ1n) is 9.55. The molecule has 0 radical (unpaired) electrons. The fraction of sp³-hybridized carbons (Fsp3) is 0. The number of fused-ring (bicyclic) bond motifs is 1. The van der Waals surface area contributed by atoms with Crippen LogP contribution in [0.25, 0.3) is 34.0 Å². The van der Waals surface area contributed by atoms with Gasteiger partial charge < -0.3 is 14.2 Å². The van der Waals surface area contributed by atoms with Gasteiger partial charge in [0.2, 0.25) is 5.89 Å². The van der Waals surface area contributed by atoms with Gasteiger partial charge in [-0.15, -0.1) is 0 Å². The van der Waals surface area contributed by atoms with Crippen LogP contribution in [-0.2, 0) is 0 Å². The number of carbonyl (C=O) groups excluding carboxylic acids is 1. The monoisotopic (exact) mass is 426 g/mol. The number of anilines is 1. The van der Waals surface area contributed by atoms with E-state index in [4.69, 9.17) is 8.83 Å². The normalized spacial score (nSPS) is 10.9. The number of nitro groups is 1. The second-order valence-corrected chi connectivity index (χ2v) is 6.82. The summed E-state index contributed by atoms with van der Waals surface area (Å²) in [5.41, 5.74) is 2.43. The molecular formula is C23H14N4O5. The van der Waals surface area contributed by atoms with Crippen LogP contribution in [0.5, 0.6) is 0 Å². The lowest BCUT2D eigenvalue weighted by atomic mass is 10.1. The Bertz CT molecular complexity index is 1440. The van der Waals surface area contributed by atoms with E-state index in [2.05, 4.69) is 15.3 Å². The lowest BCUT2D eigenvalue weighted by Gasteiger charge is -2.05. The maximum absolute atomic E-state index is 12.7. The molecule has 3 heterocycles. The van der Waals surface area contributed by atoms with Crippen molar-refractivity contribution in [2.24, 2.45) is 0 Å². The van der Waals surface area contributed by atoms with E-state index in [0.29, 0.717) is 33.9 Å². The van der Waals surface area contributed by atoms with Gasteiger partial charge in [0.25, 0.3) is 11.6 Å². The number of para-hydroxylation sites is 1. The minimum Gasteiger partial charge on any atom is -0.451 e. The van der Waals surface area contributed by atoms with Gasteiger partial charge in [0.05, 0.1) is 10.5 Å². The molecule has 0 bridgehead atoms. The number of nitro benzene ring substituents is 1. The molecule has 5 rings (SSSR count). The van der Waals surface area contributed by atoms with E-state index in [1.165, 1.54) is 18.2 Å². The second kappa shape index (κ2) is 7.80. The maximum atomic E-state index is 12.7. The number of hydrogen-bond donors (Lipinski definition) is 1. The molecule has 1 N–H and O–H groups in total. The van der Waals surface area contributed by atoms with Crippen LogP contribution in [0.15, 0.2) is 87.8 Å². The van der Waals surface area contributed by atoms with E-state index < -0.39 is 10.8 Å². The van der Waals surface area contributed by atoms with Crippen molar-refractivity contribution < 1.29 is 18.6 Å². The molecule has 3 aromatic heterocycles. The van der Waals surface area contributed by atoms with Crippen LogP contribution >= 0.6 is 0 Å². The average Bonchev–Trinajstić information content (AvgIpc) is 3.47. The number of aromatic nitrogens is 2. The lowest BCUT2D eigenvalue weighted by Crippen LogP contribution is -2.10. The minimum absolute atomic E-state index is 0.0228. The summed E-state index contributed by atoms with van der Waals surface area (Å²) in [5, 5.41) is 14.0. The van der Waals surface area contributed by atoms with E-state index in [1.807, 2.05) is 0 Å². The Labute approximate surface area is 180 Å². The van der Waals surface area contributed by atoms with E-state index in [0.717, 1.165) is 0 Å². The molecule has 0 aliphatic carbocycles. The number of oxazole rings is 1. The molecule has 0 aliphatic heterocycles. The number of rotatable bonds is 5. The third-order valence-electron chi connectivity index (χ3n) is 4.73. The fourth-order valence-corrected chi connectivity index (χ4v) is 3.26. The van der Waals surface area contributed by atoms with Gasteiger partial charge in [0, 0.05) is 23.5 Å². The molecule has 32 heavy (non-hydrogen) atoms. The SMILES string of the molecule is O=C(Nc1cccc(-c2nc3ncccc3o2)c1)c1ccc(-c2ccccc2[N+](=O)[O-])o1. The molecular weight excluding hydrogens is 412 g/mol. The Morgan fingerprint density at radius 1 is 0.969 bits per heavy atom. The van der Waals surface area contributed by atoms with Crippen molar-refractivity contribution in [1.82, 2.24) is 9.97 Å². The predicted octanol–water partition coefficient (Wildman–Crippen LogP) is 5.31. The van der Waals surface area contributed by atoms with Gasteiger partial charge in [-0.3, -0.25) is 14.9 Å². The van der Waals surface area contributed by atoms with Crippen molar-refractivity contribution in [3.63, 3.8) is 0 Å². The summed E-state index contributed by atoms with van der Waals surface area (Å²) in [6.07, 6.45) is 1.63. The van der Waals surface area contributed by atoms with Crippen LogP contribution < -0.4 is 5.32 Å². The van der Waals surface area contributed by atoms with E-state index >= 15 is 0 Å². The lowest BCUT2D eigenvalue weighted by molar-refractivity contribution is -0.384. The van der Waals surface area contributed by atoms with Crippen molar-refractivity contribution in [3.05, 3.63) is 94.9 Å². The zero-order valence-electron chi connectivity index (χ0n) is 16.4. The van der Waals surface area contributed by atoms with Gasteiger partial charge in [-0.1, -0.05) is 18.2 Å². The van der Waals surface area contributed by atoms with E-state index in [9.17, 15) is 14.9 Å². The third-order valence-corrected chi connectivity index (χ3v) is 4.73. The molecule has 0 spiro atoms. The average molecular weight is 426 g/mol. The topological polar surface area (TPSA) is 124 Å². The van der Waals surface area contributed by atoms with Crippen LogP contribution in [0.3, 0.4) is 0 Å². The van der Waals surface area contributed by atoms with Crippen LogP contribution in [0, 0.1) is 10.1 Å². The maximum Gasteiger partial charge on any atom is 0.291 e. The van der Waals surface area contributed by atoms with Crippen molar-refractivity contribution in [2.75, 3.05) is 5.32 Å². The summed E-state index contributed by atoms with van der Waals surface area (Å²) in [6.45, 7) is 0. The van der Waals surface area contributed by atoms with Gasteiger partial charge >= 0.3 is 0 Å². The standard InChI is InChI=1S/C23H14N4O5/c28-22(20-11-10-18(31-20)16-7-1-2-8-17(16)27(29)30)25-15-6-3-5-14(13-15)23-26-21-19(32-23)9-4-12-24-21/h1-13H,(H,25,28). The van der Waals surface area contributed by atoms with Gasteiger partial charge in [-0.2, -0.15) is 4.98 Å². The van der Waals surface area contributed by atoms with Gasteiger partial charge in [-0.25, -0.2) is 4.98 Å². The molecule has 0 unspecified atom stereocenters. The zero-order valence-corrected chi connectivity index (χ0v) is 16.4. The smallest absolute Gasteiger partial charge is 0.291 e. The molecule has 0 saturated heterocycles. The number of nitrogens with one attached hydrogen (secondary N) is 1. The van der Waals surface area contributed by atoms with Gasteiger partial charge in [0.1, 0.15) is 5.76 Å². The molecule has 5 aromatic rings. The van der Waals surface area contributed by atoms with E-state index in [-0.39, 0.29) is 17.2 Å². The van der Waals surface area contributed by atoms with Gasteiger partial charge in [-0.05, 0) is 48.5 Å². The number of nitrogens with zero attached hydrogens (tertiary/aromatic N) is 3. The molecule has 9 heteroatoms. The predicted molar refractivity (Wildman–Crippen MR) is 116 cm³/mol. The summed E-state index contributed by atoms with van der Waals surface area (Å²) >= 11 is 0. The Morgan fingerprint density at radius 3 is 2.69 bits per heavy atom. The van der Waals surface area contributed by atoms with Crippen molar-refractivity contribution in [2.45, 2.75) is 0 Å². The second-order valence-electron chi connectivity index (χ2n) is 6.82. The van der Waals surface area contributed by atoms with Crippen molar-refractivity contribution in [3.8, 4) is 22.8 Å². The first-order chi connectivity index (χ1) is 15.6. The molecule has 0 fully saturated rings. The highest BCUT2D eigenvalue weighted by molar-refractivity contribution is 6.03. The molecule has 1 amide bonds. The fourth-order valence-electron chi connectivity index (χ4n) is 3.26. The van der Waals surface area contributed by atoms with Crippen LogP contribution in [0.2, 0.25) is 0 Å². The Balaban J connectivity index is 1.38. The highest BCUT2D eigenvalue weighted by Gasteiger charge is 2.19. The highest BCUT2D eigenvalue weighted by atomic mass is 16.6. The number of pyridine rings is 1. The quantitative estimate of drug-likeness (QED) is 0.298. The van der Waals surface area contributed by atoms with Crippen LogP contribution in [0.1, 0.15) is 10.6 Å². The highest BCUT2D eigenvalue weighted by Crippen LogP contribution is 2.31. The van der Waals surface area contributed by atoms with Crippen molar-refractivity contribution >= 4 is 28.5 Å². The van der Waals surface area contributed by atoms with Crippen molar-refractivity contribution in [1.29, 1.82) is 0 Å². The Hall–Kier alpha value is -4.79. The number of furan rings is 1. The first kappa shape index (κ1) is 19.2. The summed E-state index contributed by atoms with van der Waals surface area (Å²) in [5.74, 6) is 0.141. The summed E-state index contributed by atoms with van der Waals surface area (Å²) in [6, 6.07) is 19.7. The molecule has 0 atom stereocenters. The number of amides is 1. The summed E-state index contributed by atoms with van der Waals surface area (Å²) < 4.78 is 11.3. The Morgan fingerprint density at radius 2 is 1.84 bits per heavy atom. The zero-order chi connectivity index (χ0) is 22.1. The molecule has 2 aromatic carbocycles. The minimum atomic E-state index is -0.495. The van der Waals surface area contributed by atoms with Gasteiger partial charge in [0.15, 0.2) is 17.0 Å². The molecule has 9 nitrogen and oxygen atoms in total. The third kappa shape index (κ3) is 3.58. The number of benzene rings is 2.